The summed E-state index contributed by atoms with van der Waals surface area (Å²) < 4.78 is 71.9. The molecule has 0 aromatic heterocycles. The maximum atomic E-state index is 13.7. The van der Waals surface area contributed by atoms with Crippen LogP contribution < -0.4 is 10.6 Å². The lowest BCUT2D eigenvalue weighted by atomic mass is 10.1. The number of amides is 3. The van der Waals surface area contributed by atoms with Crippen molar-refractivity contribution in [2.24, 2.45) is 5.92 Å². The van der Waals surface area contributed by atoms with E-state index in [2.05, 4.69) is 5.32 Å². The fraction of sp³-hybridized carbons (Fsp3) is 0.438. The molecular formula is C16H15F5N2O4S. The summed E-state index contributed by atoms with van der Waals surface area (Å²) in [6.07, 6.45) is -1.30. The van der Waals surface area contributed by atoms with Crippen molar-refractivity contribution in [3.63, 3.8) is 0 Å². The van der Waals surface area contributed by atoms with E-state index in [1.54, 1.807) is 13.8 Å². The summed E-state index contributed by atoms with van der Waals surface area (Å²) in [5.41, 5.74) is -1.65. The normalized spacial score (nSPS) is 18.9. The highest BCUT2D eigenvalue weighted by Gasteiger charge is 2.38. The number of rotatable bonds is 4. The first-order valence-corrected chi connectivity index (χ1v) is 9.04. The highest BCUT2D eigenvalue weighted by Crippen LogP contribution is 2.31. The molecule has 28 heavy (non-hydrogen) atoms. The van der Waals surface area contributed by atoms with Gasteiger partial charge in [-0.1, -0.05) is 0 Å². The number of thioether (sulfide) groups is 1. The second kappa shape index (κ2) is 8.76. The number of hydrogen-bond acceptors (Lipinski definition) is 5. The fourth-order valence-corrected chi connectivity index (χ4v) is 3.77. The fourth-order valence-electron chi connectivity index (χ4n) is 2.44. The Morgan fingerprint density at radius 1 is 1.00 bits per heavy atom. The number of carbonyl (C=O) groups is 3. The van der Waals surface area contributed by atoms with Crippen LogP contribution in [0, 0.1) is 35.0 Å². The third-order valence-corrected chi connectivity index (χ3v) is 4.98. The second-order valence-electron chi connectivity index (χ2n) is 6.05. The molecule has 0 bridgehead atoms. The van der Waals surface area contributed by atoms with Gasteiger partial charge in [0.05, 0.1) is 17.4 Å². The summed E-state index contributed by atoms with van der Waals surface area (Å²) in [4.78, 5) is 35.8. The first-order chi connectivity index (χ1) is 13.0. The van der Waals surface area contributed by atoms with Gasteiger partial charge >= 0.3 is 6.09 Å². The Morgan fingerprint density at radius 3 is 2.07 bits per heavy atom. The first-order valence-electron chi connectivity index (χ1n) is 8.00. The van der Waals surface area contributed by atoms with Crippen LogP contribution in [-0.4, -0.2) is 35.1 Å². The highest BCUT2D eigenvalue weighted by molar-refractivity contribution is 8.00. The number of imide groups is 1. The quantitative estimate of drug-likeness (QED) is 0.440. The Hall–Kier alpha value is -2.37. The summed E-state index contributed by atoms with van der Waals surface area (Å²) >= 11 is 1.01. The molecule has 1 aliphatic heterocycles. The lowest BCUT2D eigenvalue weighted by Gasteiger charge is -2.20. The van der Waals surface area contributed by atoms with Gasteiger partial charge in [0.15, 0.2) is 23.3 Å². The van der Waals surface area contributed by atoms with E-state index in [4.69, 9.17) is 4.74 Å². The van der Waals surface area contributed by atoms with Gasteiger partial charge in [0.1, 0.15) is 5.56 Å². The van der Waals surface area contributed by atoms with Crippen molar-refractivity contribution in [1.29, 1.82) is 0 Å². The highest BCUT2D eigenvalue weighted by atomic mass is 32.2. The van der Waals surface area contributed by atoms with Gasteiger partial charge in [0.25, 0.3) is 5.91 Å². The number of alkyl carbamates (subject to hydrolysis) is 1. The van der Waals surface area contributed by atoms with Crippen LogP contribution in [0.2, 0.25) is 0 Å². The molecule has 1 saturated heterocycles. The second-order valence-corrected chi connectivity index (χ2v) is 7.30. The number of ether oxygens (including phenoxy) is 1. The molecule has 2 N–H and O–H groups in total. The van der Waals surface area contributed by atoms with Crippen molar-refractivity contribution in [3.05, 3.63) is 34.6 Å². The van der Waals surface area contributed by atoms with E-state index in [1.807, 2.05) is 5.32 Å². The van der Waals surface area contributed by atoms with Crippen molar-refractivity contribution in [2.45, 2.75) is 31.7 Å². The Balaban J connectivity index is 2.16. The maximum absolute atomic E-state index is 13.7. The number of halogens is 5. The van der Waals surface area contributed by atoms with E-state index >= 15 is 0 Å². The van der Waals surface area contributed by atoms with Gasteiger partial charge in [-0.15, -0.1) is 11.8 Å². The van der Waals surface area contributed by atoms with Crippen LogP contribution in [0.15, 0.2) is 0 Å². The summed E-state index contributed by atoms with van der Waals surface area (Å²) in [5, 5.41) is 2.99. The summed E-state index contributed by atoms with van der Waals surface area (Å²) in [7, 11) is 0. The van der Waals surface area contributed by atoms with Crippen molar-refractivity contribution in [3.8, 4) is 0 Å². The van der Waals surface area contributed by atoms with Gasteiger partial charge in [-0.25, -0.2) is 26.7 Å². The number of benzene rings is 1. The number of hydrogen-bond donors (Lipinski definition) is 2. The minimum atomic E-state index is -2.39. The summed E-state index contributed by atoms with van der Waals surface area (Å²) in [6, 6.07) is 0. The van der Waals surface area contributed by atoms with Gasteiger partial charge in [-0.05, 0) is 26.0 Å². The van der Waals surface area contributed by atoms with Crippen LogP contribution in [0.5, 0.6) is 0 Å². The zero-order valence-corrected chi connectivity index (χ0v) is 15.4. The van der Waals surface area contributed by atoms with Gasteiger partial charge in [-0.2, -0.15) is 0 Å². The SMILES string of the molecule is CC(C)OC(=O)NC(=O)C1CCSC1NC(=O)c1c(F)c(F)c(F)c(F)c1F. The molecule has 2 rings (SSSR count). The topological polar surface area (TPSA) is 84.5 Å². The van der Waals surface area contributed by atoms with E-state index in [1.165, 1.54) is 0 Å². The Morgan fingerprint density at radius 2 is 1.54 bits per heavy atom. The minimum absolute atomic E-state index is 0.202. The standard InChI is InChI=1S/C16H15F5N2O4S/c1-5(2)27-16(26)23-13(24)6-3-4-28-15(6)22-14(25)7-8(17)10(19)12(21)11(20)9(7)18/h5-6,15H,3-4H2,1-2H3,(H,22,25)(H,23,24,26). The zero-order chi connectivity index (χ0) is 21.2. The van der Waals surface area contributed by atoms with E-state index < -0.39 is 70.0 Å². The molecule has 1 aromatic rings. The molecule has 1 aromatic carbocycles. The van der Waals surface area contributed by atoms with Gasteiger partial charge in [-0.3, -0.25) is 14.9 Å². The van der Waals surface area contributed by atoms with E-state index in [-0.39, 0.29) is 6.42 Å². The van der Waals surface area contributed by atoms with Gasteiger partial charge in [0, 0.05) is 0 Å². The molecule has 1 aliphatic rings. The van der Waals surface area contributed by atoms with Gasteiger partial charge in [0.2, 0.25) is 11.7 Å². The van der Waals surface area contributed by atoms with E-state index in [0.29, 0.717) is 5.75 Å². The molecule has 0 saturated carbocycles. The Bertz CT molecular complexity index is 792. The van der Waals surface area contributed by atoms with Crippen LogP contribution in [-0.2, 0) is 9.53 Å². The smallest absolute Gasteiger partial charge is 0.414 e. The van der Waals surface area contributed by atoms with Crippen LogP contribution in [0.4, 0.5) is 26.7 Å². The lowest BCUT2D eigenvalue weighted by Crippen LogP contribution is -2.45. The van der Waals surface area contributed by atoms with E-state index in [0.717, 1.165) is 11.8 Å². The molecular weight excluding hydrogens is 411 g/mol. The molecule has 0 spiro atoms. The molecule has 0 radical (unpaired) electrons. The van der Waals surface area contributed by atoms with Crippen LogP contribution >= 0.6 is 11.8 Å². The van der Waals surface area contributed by atoms with Crippen molar-refractivity contribution in [1.82, 2.24) is 10.6 Å². The lowest BCUT2D eigenvalue weighted by molar-refractivity contribution is -0.124. The monoisotopic (exact) mass is 426 g/mol. The predicted molar refractivity (Wildman–Crippen MR) is 87.8 cm³/mol. The van der Waals surface area contributed by atoms with Crippen molar-refractivity contribution in [2.75, 3.05) is 5.75 Å². The van der Waals surface area contributed by atoms with Crippen LogP contribution in [0.1, 0.15) is 30.6 Å². The van der Waals surface area contributed by atoms with Crippen LogP contribution in [0.25, 0.3) is 0 Å². The third kappa shape index (κ3) is 4.54. The molecule has 12 heteroatoms. The number of nitrogens with one attached hydrogen (secondary N) is 2. The van der Waals surface area contributed by atoms with E-state index in [9.17, 15) is 36.3 Å². The molecule has 3 amide bonds. The number of carbonyl (C=O) groups excluding carboxylic acids is 3. The molecule has 2 atom stereocenters. The molecule has 1 heterocycles. The summed E-state index contributed by atoms with van der Waals surface area (Å²) in [6.45, 7) is 3.12. The Kier molecular flexibility index (Phi) is 6.86. The Labute approximate surface area is 160 Å². The molecule has 1 fully saturated rings. The van der Waals surface area contributed by atoms with Crippen LogP contribution in [0.3, 0.4) is 0 Å². The third-order valence-electron chi connectivity index (χ3n) is 3.71. The van der Waals surface area contributed by atoms with Crippen molar-refractivity contribution >= 4 is 29.7 Å². The van der Waals surface area contributed by atoms with Gasteiger partial charge < -0.3 is 10.1 Å². The predicted octanol–water partition coefficient (Wildman–Crippen LogP) is 2.85. The largest absolute Gasteiger partial charge is 0.447 e. The molecule has 154 valence electrons. The molecule has 0 aliphatic carbocycles. The zero-order valence-electron chi connectivity index (χ0n) is 14.6. The van der Waals surface area contributed by atoms with Crippen molar-refractivity contribution < 1.29 is 41.1 Å². The minimum Gasteiger partial charge on any atom is -0.447 e. The average Bonchev–Trinajstić information content (AvgIpc) is 3.05. The first kappa shape index (κ1) is 21.9. The molecule has 2 unspecified atom stereocenters. The molecule has 6 nitrogen and oxygen atoms in total. The maximum Gasteiger partial charge on any atom is 0.414 e. The average molecular weight is 426 g/mol. The summed E-state index contributed by atoms with van der Waals surface area (Å²) in [5.74, 6) is -14.5.